The summed E-state index contributed by atoms with van der Waals surface area (Å²) in [6.07, 6.45) is 0. The van der Waals surface area contributed by atoms with E-state index in [9.17, 15) is 0 Å². The van der Waals surface area contributed by atoms with Crippen molar-refractivity contribution in [2.45, 2.75) is 13.5 Å². The van der Waals surface area contributed by atoms with Crippen LogP contribution in [0.5, 0.6) is 17.2 Å². The highest BCUT2D eigenvalue weighted by atomic mass is 16.5. The second-order valence-electron chi connectivity index (χ2n) is 4.45. The van der Waals surface area contributed by atoms with Gasteiger partial charge in [-0.15, -0.1) is 0 Å². The molecule has 0 aliphatic rings. The summed E-state index contributed by atoms with van der Waals surface area (Å²) in [5, 5.41) is 3.23. The molecule has 0 saturated carbocycles. The van der Waals surface area contributed by atoms with E-state index in [1.54, 1.807) is 21.3 Å². The zero-order valence-corrected chi connectivity index (χ0v) is 12.9. The molecule has 0 atom stereocenters. The number of nitrogens with one attached hydrogen (secondary N) is 1. The van der Waals surface area contributed by atoms with Crippen LogP contribution in [0.3, 0.4) is 0 Å². The first-order valence-electron chi connectivity index (χ1n) is 6.83. The van der Waals surface area contributed by atoms with Crippen molar-refractivity contribution in [3.63, 3.8) is 0 Å². The summed E-state index contributed by atoms with van der Waals surface area (Å²) in [6, 6.07) is 7.48. The maximum absolute atomic E-state index is 5.87. The Morgan fingerprint density at radius 3 is 2.19 bits per heavy atom. The van der Waals surface area contributed by atoms with Gasteiger partial charge in [0.05, 0.1) is 27.9 Å². The fourth-order valence-electron chi connectivity index (χ4n) is 2.10. The van der Waals surface area contributed by atoms with Gasteiger partial charge in [-0.05, 0) is 18.7 Å². The van der Waals surface area contributed by atoms with Crippen molar-refractivity contribution in [1.29, 1.82) is 0 Å². The molecule has 5 nitrogen and oxygen atoms in total. The molecule has 1 aromatic carbocycles. The number of ether oxygens (including phenoxy) is 3. The number of benzene rings is 1. The average molecular weight is 291 g/mol. The highest BCUT2D eigenvalue weighted by molar-refractivity contribution is 5.75. The number of methoxy groups -OCH3 is 3. The van der Waals surface area contributed by atoms with E-state index in [1.807, 2.05) is 24.3 Å². The van der Waals surface area contributed by atoms with Crippen molar-refractivity contribution in [2.75, 3.05) is 27.9 Å². The summed E-state index contributed by atoms with van der Waals surface area (Å²) in [6.45, 7) is 3.64. The van der Waals surface area contributed by atoms with Crippen molar-refractivity contribution in [1.82, 2.24) is 5.32 Å². The lowest BCUT2D eigenvalue weighted by Crippen LogP contribution is -2.10. The van der Waals surface area contributed by atoms with Gasteiger partial charge in [-0.2, -0.15) is 0 Å². The zero-order chi connectivity index (χ0) is 15.2. The van der Waals surface area contributed by atoms with Crippen molar-refractivity contribution in [2.24, 2.45) is 0 Å². The van der Waals surface area contributed by atoms with Gasteiger partial charge >= 0.3 is 0 Å². The van der Waals surface area contributed by atoms with Gasteiger partial charge in [0.1, 0.15) is 34.3 Å². The first-order chi connectivity index (χ1) is 10.2. The molecule has 0 radical (unpaired) electrons. The van der Waals surface area contributed by atoms with E-state index in [0.29, 0.717) is 29.6 Å². The molecular weight excluding hydrogens is 270 g/mol. The summed E-state index contributed by atoms with van der Waals surface area (Å²) < 4.78 is 22.0. The fraction of sp³-hybridized carbons (Fsp3) is 0.375. The Morgan fingerprint density at radius 1 is 1.00 bits per heavy atom. The average Bonchev–Trinajstić information content (AvgIpc) is 2.99. The summed E-state index contributed by atoms with van der Waals surface area (Å²) in [4.78, 5) is 0. The molecule has 0 amide bonds. The number of hydrogen-bond acceptors (Lipinski definition) is 5. The van der Waals surface area contributed by atoms with Crippen molar-refractivity contribution in [3.05, 3.63) is 30.0 Å². The molecule has 1 aromatic heterocycles. The SMILES string of the molecule is CCNCc1ccc(-c2c(OC)cc(OC)cc2OC)o1. The van der Waals surface area contributed by atoms with Crippen LogP contribution in [0.2, 0.25) is 0 Å². The maximum Gasteiger partial charge on any atom is 0.141 e. The second kappa shape index (κ2) is 7.04. The molecule has 1 heterocycles. The van der Waals surface area contributed by atoms with E-state index >= 15 is 0 Å². The highest BCUT2D eigenvalue weighted by Crippen LogP contribution is 2.42. The Bertz CT molecular complexity index is 567. The minimum absolute atomic E-state index is 0.649. The molecule has 0 aliphatic carbocycles. The van der Waals surface area contributed by atoms with Gasteiger partial charge in [-0.1, -0.05) is 6.92 Å². The summed E-state index contributed by atoms with van der Waals surface area (Å²) in [7, 11) is 4.83. The van der Waals surface area contributed by atoms with Gasteiger partial charge in [0.15, 0.2) is 0 Å². The van der Waals surface area contributed by atoms with Crippen molar-refractivity contribution < 1.29 is 18.6 Å². The minimum Gasteiger partial charge on any atom is -0.496 e. The quantitative estimate of drug-likeness (QED) is 0.849. The third-order valence-electron chi connectivity index (χ3n) is 3.17. The van der Waals surface area contributed by atoms with Crippen LogP contribution in [0.15, 0.2) is 28.7 Å². The minimum atomic E-state index is 0.649. The first-order valence-corrected chi connectivity index (χ1v) is 6.83. The lowest BCUT2D eigenvalue weighted by Gasteiger charge is -2.13. The third-order valence-corrected chi connectivity index (χ3v) is 3.17. The van der Waals surface area contributed by atoms with E-state index in [-0.39, 0.29) is 0 Å². The number of hydrogen-bond donors (Lipinski definition) is 1. The molecule has 2 aromatic rings. The lowest BCUT2D eigenvalue weighted by molar-refractivity contribution is 0.375. The Hall–Kier alpha value is -2.14. The van der Waals surface area contributed by atoms with Crippen molar-refractivity contribution >= 4 is 0 Å². The number of rotatable bonds is 7. The highest BCUT2D eigenvalue weighted by Gasteiger charge is 2.18. The maximum atomic E-state index is 5.87. The van der Waals surface area contributed by atoms with Gasteiger partial charge in [0, 0.05) is 12.1 Å². The van der Waals surface area contributed by atoms with Crippen LogP contribution < -0.4 is 19.5 Å². The van der Waals surface area contributed by atoms with Gasteiger partial charge in [-0.25, -0.2) is 0 Å². The summed E-state index contributed by atoms with van der Waals surface area (Å²) >= 11 is 0. The Kier molecular flexibility index (Phi) is 5.11. The van der Waals surface area contributed by atoms with Crippen LogP contribution in [0, 0.1) is 0 Å². The molecule has 0 saturated heterocycles. The summed E-state index contributed by atoms with van der Waals surface area (Å²) in [5.74, 6) is 3.55. The normalized spacial score (nSPS) is 10.5. The van der Waals surface area contributed by atoms with Crippen LogP contribution in [-0.2, 0) is 6.54 Å². The monoisotopic (exact) mass is 291 g/mol. The van der Waals surface area contributed by atoms with Crippen LogP contribution in [0.25, 0.3) is 11.3 Å². The Balaban J connectivity index is 2.43. The van der Waals surface area contributed by atoms with E-state index in [0.717, 1.165) is 17.9 Å². The lowest BCUT2D eigenvalue weighted by atomic mass is 10.1. The Labute approximate surface area is 124 Å². The van der Waals surface area contributed by atoms with Crippen LogP contribution >= 0.6 is 0 Å². The first kappa shape index (κ1) is 15.3. The van der Waals surface area contributed by atoms with Gasteiger partial charge in [-0.3, -0.25) is 0 Å². The molecule has 0 aliphatic heterocycles. The van der Waals surface area contributed by atoms with E-state index in [2.05, 4.69) is 12.2 Å². The molecule has 1 N–H and O–H groups in total. The molecule has 0 bridgehead atoms. The van der Waals surface area contributed by atoms with Crippen LogP contribution in [0.1, 0.15) is 12.7 Å². The smallest absolute Gasteiger partial charge is 0.141 e. The molecule has 2 rings (SSSR count). The van der Waals surface area contributed by atoms with Crippen LogP contribution in [-0.4, -0.2) is 27.9 Å². The molecule has 5 heteroatoms. The predicted molar refractivity (Wildman–Crippen MR) is 81.2 cm³/mol. The Morgan fingerprint density at radius 2 is 1.67 bits per heavy atom. The third kappa shape index (κ3) is 3.31. The molecule has 0 spiro atoms. The molecular formula is C16H21NO4. The van der Waals surface area contributed by atoms with E-state index in [4.69, 9.17) is 18.6 Å². The van der Waals surface area contributed by atoms with E-state index in [1.165, 1.54) is 0 Å². The molecule has 21 heavy (non-hydrogen) atoms. The number of furan rings is 1. The standard InChI is InChI=1S/C16H21NO4/c1-5-17-10-11-6-7-13(21-11)16-14(19-3)8-12(18-2)9-15(16)20-4/h6-9,17H,5,10H2,1-4H3. The van der Waals surface area contributed by atoms with Gasteiger partial charge in [0.25, 0.3) is 0 Å². The summed E-state index contributed by atoms with van der Waals surface area (Å²) in [5.41, 5.74) is 0.781. The predicted octanol–water partition coefficient (Wildman–Crippen LogP) is 3.08. The van der Waals surface area contributed by atoms with Gasteiger partial charge in [0.2, 0.25) is 0 Å². The topological polar surface area (TPSA) is 52.9 Å². The molecule has 0 unspecified atom stereocenters. The second-order valence-corrected chi connectivity index (χ2v) is 4.45. The van der Waals surface area contributed by atoms with Crippen LogP contribution in [0.4, 0.5) is 0 Å². The zero-order valence-electron chi connectivity index (χ0n) is 12.9. The van der Waals surface area contributed by atoms with Gasteiger partial charge < -0.3 is 23.9 Å². The largest absolute Gasteiger partial charge is 0.496 e. The molecule has 114 valence electrons. The molecule has 0 fully saturated rings. The van der Waals surface area contributed by atoms with E-state index < -0.39 is 0 Å². The van der Waals surface area contributed by atoms with Crippen molar-refractivity contribution in [3.8, 4) is 28.6 Å². The fourth-order valence-corrected chi connectivity index (χ4v) is 2.10.